The molecule has 0 radical (unpaired) electrons. The van der Waals surface area contributed by atoms with Gasteiger partial charge in [-0.3, -0.25) is 9.48 Å². The lowest BCUT2D eigenvalue weighted by Gasteiger charge is -2.03. The highest BCUT2D eigenvalue weighted by atomic mass is 16.1. The molecule has 132 valence electrons. The summed E-state index contributed by atoms with van der Waals surface area (Å²) in [4.78, 5) is 12.6. The van der Waals surface area contributed by atoms with E-state index in [1.54, 1.807) is 6.08 Å². The summed E-state index contributed by atoms with van der Waals surface area (Å²) in [6.45, 7) is 8.80. The standard InChI is InChI=1S/C22H23N3O/c1-4-13-23-22(26)20-15-25(14-18-9-5-16(2)6-10-18)24-21(20)19-11-7-17(3)8-12-19/h4-12,15H,1,13-14H2,2-3H3,(H,23,26). The van der Waals surface area contributed by atoms with Crippen molar-refractivity contribution in [1.82, 2.24) is 15.1 Å². The molecule has 3 aromatic rings. The quantitative estimate of drug-likeness (QED) is 0.683. The van der Waals surface area contributed by atoms with Crippen LogP contribution in [0, 0.1) is 13.8 Å². The molecular formula is C22H23N3O. The third-order valence-electron chi connectivity index (χ3n) is 4.20. The monoisotopic (exact) mass is 345 g/mol. The van der Waals surface area contributed by atoms with Crippen LogP contribution in [0.15, 0.2) is 67.4 Å². The number of nitrogens with zero attached hydrogens (tertiary/aromatic N) is 2. The first-order valence-corrected chi connectivity index (χ1v) is 8.66. The molecule has 3 rings (SSSR count). The van der Waals surface area contributed by atoms with Gasteiger partial charge in [0, 0.05) is 18.3 Å². The maximum absolute atomic E-state index is 12.6. The van der Waals surface area contributed by atoms with Gasteiger partial charge in [-0.2, -0.15) is 5.10 Å². The zero-order valence-electron chi connectivity index (χ0n) is 15.2. The smallest absolute Gasteiger partial charge is 0.255 e. The molecule has 4 nitrogen and oxygen atoms in total. The molecule has 2 aromatic carbocycles. The Kier molecular flexibility index (Phi) is 5.32. The van der Waals surface area contributed by atoms with Gasteiger partial charge in [0.1, 0.15) is 5.69 Å². The van der Waals surface area contributed by atoms with Crippen molar-refractivity contribution in [2.75, 3.05) is 6.54 Å². The number of rotatable bonds is 6. The Morgan fingerprint density at radius 1 is 1.08 bits per heavy atom. The molecule has 0 aliphatic heterocycles. The minimum absolute atomic E-state index is 0.143. The van der Waals surface area contributed by atoms with Gasteiger partial charge in [-0.25, -0.2) is 0 Å². The Balaban J connectivity index is 1.96. The number of carbonyl (C=O) groups is 1. The molecule has 0 fully saturated rings. The number of benzene rings is 2. The summed E-state index contributed by atoms with van der Waals surface area (Å²) in [6.07, 6.45) is 3.48. The molecule has 0 saturated carbocycles. The fraction of sp³-hybridized carbons (Fsp3) is 0.182. The fourth-order valence-electron chi connectivity index (χ4n) is 2.73. The van der Waals surface area contributed by atoms with E-state index in [0.717, 1.165) is 11.1 Å². The van der Waals surface area contributed by atoms with E-state index in [-0.39, 0.29) is 5.91 Å². The van der Waals surface area contributed by atoms with Gasteiger partial charge in [0.25, 0.3) is 5.91 Å². The van der Waals surface area contributed by atoms with Gasteiger partial charge >= 0.3 is 0 Å². The second-order valence-electron chi connectivity index (χ2n) is 6.44. The van der Waals surface area contributed by atoms with E-state index in [2.05, 4.69) is 48.2 Å². The Bertz CT molecular complexity index is 906. The van der Waals surface area contributed by atoms with Gasteiger partial charge in [-0.15, -0.1) is 6.58 Å². The van der Waals surface area contributed by atoms with Crippen LogP contribution in [-0.2, 0) is 6.54 Å². The van der Waals surface area contributed by atoms with Gasteiger partial charge < -0.3 is 5.32 Å². The molecule has 0 aliphatic rings. The third-order valence-corrected chi connectivity index (χ3v) is 4.20. The summed E-state index contributed by atoms with van der Waals surface area (Å²) >= 11 is 0. The van der Waals surface area contributed by atoms with Crippen LogP contribution >= 0.6 is 0 Å². The number of aromatic nitrogens is 2. The highest BCUT2D eigenvalue weighted by molar-refractivity contribution is 5.99. The van der Waals surface area contributed by atoms with E-state index < -0.39 is 0 Å². The molecule has 0 saturated heterocycles. The van der Waals surface area contributed by atoms with Crippen LogP contribution in [-0.4, -0.2) is 22.2 Å². The zero-order valence-corrected chi connectivity index (χ0v) is 15.2. The van der Waals surface area contributed by atoms with Crippen LogP contribution in [0.5, 0.6) is 0 Å². The Hall–Kier alpha value is -3.14. The van der Waals surface area contributed by atoms with Gasteiger partial charge in [0.15, 0.2) is 0 Å². The Labute approximate surface area is 154 Å². The fourth-order valence-corrected chi connectivity index (χ4v) is 2.73. The normalized spacial score (nSPS) is 10.5. The summed E-state index contributed by atoms with van der Waals surface area (Å²) in [7, 11) is 0. The van der Waals surface area contributed by atoms with Gasteiger partial charge in [0.2, 0.25) is 0 Å². The molecule has 26 heavy (non-hydrogen) atoms. The summed E-state index contributed by atoms with van der Waals surface area (Å²) in [5.41, 5.74) is 5.74. The molecule has 0 unspecified atom stereocenters. The minimum atomic E-state index is -0.143. The first-order valence-electron chi connectivity index (χ1n) is 8.66. The van der Waals surface area contributed by atoms with E-state index in [0.29, 0.717) is 24.3 Å². The molecule has 4 heteroatoms. The number of aryl methyl sites for hydroxylation is 2. The average Bonchev–Trinajstić information content (AvgIpc) is 3.06. The molecular weight excluding hydrogens is 322 g/mol. The summed E-state index contributed by atoms with van der Waals surface area (Å²) < 4.78 is 1.82. The van der Waals surface area contributed by atoms with E-state index >= 15 is 0 Å². The number of nitrogens with one attached hydrogen (secondary N) is 1. The summed E-state index contributed by atoms with van der Waals surface area (Å²) in [6, 6.07) is 16.4. The van der Waals surface area contributed by atoms with Crippen LogP contribution < -0.4 is 5.32 Å². The van der Waals surface area contributed by atoms with E-state index in [9.17, 15) is 4.79 Å². The SMILES string of the molecule is C=CCNC(=O)c1cn(Cc2ccc(C)cc2)nc1-c1ccc(C)cc1. The Morgan fingerprint density at radius 3 is 2.31 bits per heavy atom. The third kappa shape index (κ3) is 4.09. The first-order chi connectivity index (χ1) is 12.6. The molecule has 1 N–H and O–H groups in total. The van der Waals surface area contributed by atoms with Gasteiger partial charge in [-0.05, 0) is 19.4 Å². The highest BCUT2D eigenvalue weighted by Gasteiger charge is 2.17. The van der Waals surface area contributed by atoms with Crippen molar-refractivity contribution in [3.63, 3.8) is 0 Å². The molecule has 0 bridgehead atoms. The second-order valence-corrected chi connectivity index (χ2v) is 6.44. The van der Waals surface area contributed by atoms with E-state index in [1.807, 2.05) is 42.1 Å². The maximum atomic E-state index is 12.6. The first kappa shape index (κ1) is 17.7. The van der Waals surface area contributed by atoms with Crippen molar-refractivity contribution in [2.24, 2.45) is 0 Å². The second kappa shape index (κ2) is 7.83. The van der Waals surface area contributed by atoms with Gasteiger partial charge in [0.05, 0.1) is 12.1 Å². The molecule has 1 heterocycles. The van der Waals surface area contributed by atoms with Crippen LogP contribution in [0.4, 0.5) is 0 Å². The molecule has 0 atom stereocenters. The van der Waals surface area contributed by atoms with Crippen LogP contribution in [0.2, 0.25) is 0 Å². The lowest BCUT2D eigenvalue weighted by Crippen LogP contribution is -2.23. The van der Waals surface area contributed by atoms with Crippen LogP contribution in [0.3, 0.4) is 0 Å². The summed E-state index contributed by atoms with van der Waals surface area (Å²) in [5, 5.41) is 7.53. The maximum Gasteiger partial charge on any atom is 0.255 e. The number of carbonyl (C=O) groups excluding carboxylic acids is 1. The van der Waals surface area contributed by atoms with Crippen molar-refractivity contribution in [3.8, 4) is 11.3 Å². The van der Waals surface area contributed by atoms with Crippen molar-refractivity contribution >= 4 is 5.91 Å². The predicted octanol–water partition coefficient (Wildman–Crippen LogP) is 4.13. The Morgan fingerprint density at radius 2 is 1.69 bits per heavy atom. The highest BCUT2D eigenvalue weighted by Crippen LogP contribution is 2.23. The molecule has 0 spiro atoms. The largest absolute Gasteiger partial charge is 0.348 e. The van der Waals surface area contributed by atoms with E-state index in [4.69, 9.17) is 0 Å². The van der Waals surface area contributed by atoms with Crippen molar-refractivity contribution in [2.45, 2.75) is 20.4 Å². The van der Waals surface area contributed by atoms with Crippen molar-refractivity contribution < 1.29 is 4.79 Å². The number of hydrogen-bond acceptors (Lipinski definition) is 2. The number of hydrogen-bond donors (Lipinski definition) is 1. The van der Waals surface area contributed by atoms with Crippen molar-refractivity contribution in [3.05, 3.63) is 89.6 Å². The topological polar surface area (TPSA) is 46.9 Å². The molecule has 1 aromatic heterocycles. The van der Waals surface area contributed by atoms with Crippen molar-refractivity contribution in [1.29, 1.82) is 0 Å². The summed E-state index contributed by atoms with van der Waals surface area (Å²) in [5.74, 6) is -0.143. The zero-order chi connectivity index (χ0) is 18.5. The van der Waals surface area contributed by atoms with Gasteiger partial charge in [-0.1, -0.05) is 65.7 Å². The lowest BCUT2D eigenvalue weighted by molar-refractivity contribution is 0.0958. The van der Waals surface area contributed by atoms with Crippen LogP contribution in [0.25, 0.3) is 11.3 Å². The predicted molar refractivity (Wildman–Crippen MR) is 105 cm³/mol. The average molecular weight is 345 g/mol. The number of amides is 1. The minimum Gasteiger partial charge on any atom is -0.348 e. The molecule has 0 aliphatic carbocycles. The van der Waals surface area contributed by atoms with E-state index in [1.165, 1.54) is 11.1 Å². The lowest BCUT2D eigenvalue weighted by atomic mass is 10.1. The molecule has 1 amide bonds. The van der Waals surface area contributed by atoms with Crippen LogP contribution in [0.1, 0.15) is 27.0 Å².